The van der Waals surface area contributed by atoms with Crippen LogP contribution >= 0.6 is 23.2 Å². The van der Waals surface area contributed by atoms with Gasteiger partial charge in [-0.05, 0) is 61.0 Å². The first-order valence-electron chi connectivity index (χ1n) is 8.72. The molecule has 28 heavy (non-hydrogen) atoms. The first-order chi connectivity index (χ1) is 13.5. The number of aryl methyl sites for hydroxylation is 1. The minimum atomic E-state index is -0.0903. The molecule has 142 valence electrons. The molecule has 1 N–H and O–H groups in total. The fraction of sp³-hybridized carbons (Fsp3) is 0.0870. The molecule has 0 aliphatic heterocycles. The number of hydrogen-bond acceptors (Lipinski definition) is 3. The van der Waals surface area contributed by atoms with Crippen LogP contribution in [0.2, 0.25) is 10.0 Å². The van der Waals surface area contributed by atoms with Crippen molar-refractivity contribution in [1.82, 2.24) is 0 Å². The normalized spacial score (nSPS) is 10.8. The van der Waals surface area contributed by atoms with Crippen LogP contribution < -0.4 is 10.1 Å². The van der Waals surface area contributed by atoms with Gasteiger partial charge in [0.25, 0.3) is 0 Å². The molecule has 0 amide bonds. The number of ketones is 1. The van der Waals surface area contributed by atoms with Gasteiger partial charge < -0.3 is 10.1 Å². The van der Waals surface area contributed by atoms with Crippen LogP contribution in [0.15, 0.2) is 79.0 Å². The maximum Gasteiger partial charge on any atom is 0.187 e. The molecule has 3 aromatic rings. The summed E-state index contributed by atoms with van der Waals surface area (Å²) < 4.78 is 5.73. The van der Waals surface area contributed by atoms with Crippen molar-refractivity contribution < 1.29 is 9.53 Å². The van der Waals surface area contributed by atoms with Crippen molar-refractivity contribution in [2.24, 2.45) is 0 Å². The van der Waals surface area contributed by atoms with Gasteiger partial charge in [0.15, 0.2) is 5.78 Å². The molecule has 3 aromatic carbocycles. The van der Waals surface area contributed by atoms with Crippen LogP contribution in [0, 0.1) is 6.92 Å². The number of allylic oxidation sites excluding steroid dienone is 1. The van der Waals surface area contributed by atoms with Gasteiger partial charge in [-0.2, -0.15) is 0 Å². The SMILES string of the molecule is Cc1cccc(N/C=C/C(=O)c2ccc(OCc3ccc(Cl)cc3Cl)cc2)c1. The van der Waals surface area contributed by atoms with Crippen LogP contribution in [-0.4, -0.2) is 5.78 Å². The van der Waals surface area contributed by atoms with E-state index in [4.69, 9.17) is 27.9 Å². The Morgan fingerprint density at radius 1 is 1.04 bits per heavy atom. The van der Waals surface area contributed by atoms with Gasteiger partial charge in [-0.1, -0.05) is 41.4 Å². The van der Waals surface area contributed by atoms with E-state index in [0.717, 1.165) is 16.8 Å². The van der Waals surface area contributed by atoms with Crippen LogP contribution in [0.5, 0.6) is 5.75 Å². The number of nitrogens with one attached hydrogen (secondary N) is 1. The van der Waals surface area contributed by atoms with E-state index in [-0.39, 0.29) is 5.78 Å². The molecular weight excluding hydrogens is 393 g/mol. The highest BCUT2D eigenvalue weighted by Crippen LogP contribution is 2.23. The fourth-order valence-electron chi connectivity index (χ4n) is 2.56. The lowest BCUT2D eigenvalue weighted by Gasteiger charge is -2.08. The third-order valence-electron chi connectivity index (χ3n) is 4.05. The maximum absolute atomic E-state index is 12.3. The van der Waals surface area contributed by atoms with E-state index in [1.165, 1.54) is 6.08 Å². The van der Waals surface area contributed by atoms with Gasteiger partial charge in [0.1, 0.15) is 12.4 Å². The molecule has 0 heterocycles. The third-order valence-corrected chi connectivity index (χ3v) is 4.64. The number of rotatable bonds is 7. The van der Waals surface area contributed by atoms with Crippen LogP contribution in [-0.2, 0) is 6.61 Å². The summed E-state index contributed by atoms with van der Waals surface area (Å²) in [6.45, 7) is 2.34. The van der Waals surface area contributed by atoms with Gasteiger partial charge in [-0.15, -0.1) is 0 Å². The van der Waals surface area contributed by atoms with E-state index < -0.39 is 0 Å². The molecule has 0 atom stereocenters. The zero-order chi connectivity index (χ0) is 19.9. The van der Waals surface area contributed by atoms with Gasteiger partial charge >= 0.3 is 0 Å². The van der Waals surface area contributed by atoms with Gasteiger partial charge in [0.2, 0.25) is 0 Å². The predicted molar refractivity (Wildman–Crippen MR) is 116 cm³/mol. The minimum absolute atomic E-state index is 0.0903. The van der Waals surface area contributed by atoms with Crippen LogP contribution in [0.1, 0.15) is 21.5 Å². The lowest BCUT2D eigenvalue weighted by atomic mass is 10.1. The van der Waals surface area contributed by atoms with Crippen LogP contribution in [0.25, 0.3) is 0 Å². The molecule has 0 aromatic heterocycles. The zero-order valence-electron chi connectivity index (χ0n) is 15.3. The van der Waals surface area contributed by atoms with E-state index in [1.54, 1.807) is 42.6 Å². The van der Waals surface area contributed by atoms with E-state index in [9.17, 15) is 4.79 Å². The predicted octanol–water partition coefficient (Wildman–Crippen LogP) is 6.69. The Morgan fingerprint density at radius 3 is 2.54 bits per heavy atom. The molecule has 0 unspecified atom stereocenters. The molecule has 5 heteroatoms. The summed E-state index contributed by atoms with van der Waals surface area (Å²) in [6, 6.07) is 20.2. The van der Waals surface area contributed by atoms with E-state index >= 15 is 0 Å². The molecule has 0 fully saturated rings. The molecule has 0 saturated heterocycles. The second kappa shape index (κ2) is 9.45. The van der Waals surface area contributed by atoms with E-state index in [1.807, 2.05) is 37.3 Å². The monoisotopic (exact) mass is 411 g/mol. The lowest BCUT2D eigenvalue weighted by molar-refractivity contribution is 0.104. The Balaban J connectivity index is 1.55. The summed E-state index contributed by atoms with van der Waals surface area (Å²) in [7, 11) is 0. The molecule has 0 bridgehead atoms. The summed E-state index contributed by atoms with van der Waals surface area (Å²) >= 11 is 12.0. The summed E-state index contributed by atoms with van der Waals surface area (Å²) in [5, 5.41) is 4.24. The summed E-state index contributed by atoms with van der Waals surface area (Å²) in [5.74, 6) is 0.567. The second-order valence-electron chi connectivity index (χ2n) is 6.26. The molecule has 0 radical (unpaired) electrons. The Morgan fingerprint density at radius 2 is 1.82 bits per heavy atom. The average molecular weight is 412 g/mol. The highest BCUT2D eigenvalue weighted by molar-refractivity contribution is 6.35. The highest BCUT2D eigenvalue weighted by Gasteiger charge is 2.05. The Bertz CT molecular complexity index is 998. The first-order valence-corrected chi connectivity index (χ1v) is 9.48. The molecule has 0 aliphatic carbocycles. The number of carbonyl (C=O) groups excluding carboxylic acids is 1. The Labute approximate surface area is 174 Å². The average Bonchev–Trinajstić information content (AvgIpc) is 2.68. The highest BCUT2D eigenvalue weighted by atomic mass is 35.5. The fourth-order valence-corrected chi connectivity index (χ4v) is 3.02. The van der Waals surface area contributed by atoms with Gasteiger partial charge in [0.05, 0.1) is 0 Å². The third kappa shape index (κ3) is 5.62. The molecule has 3 rings (SSSR count). The van der Waals surface area contributed by atoms with E-state index in [0.29, 0.717) is 28.0 Å². The summed E-state index contributed by atoms with van der Waals surface area (Å²) in [4.78, 5) is 12.3. The van der Waals surface area contributed by atoms with Crippen molar-refractivity contribution in [1.29, 1.82) is 0 Å². The molecular formula is C23H19Cl2NO2. The second-order valence-corrected chi connectivity index (χ2v) is 7.10. The topological polar surface area (TPSA) is 38.3 Å². The summed E-state index contributed by atoms with van der Waals surface area (Å²) in [6.07, 6.45) is 3.15. The van der Waals surface area contributed by atoms with Gasteiger partial charge in [0, 0.05) is 39.1 Å². The number of halogens is 2. The van der Waals surface area contributed by atoms with Crippen molar-refractivity contribution in [3.63, 3.8) is 0 Å². The standard InChI is InChI=1S/C23H19Cl2NO2/c1-16-3-2-4-20(13-16)26-12-11-23(27)17-6-9-21(10-7-17)28-15-18-5-8-19(24)14-22(18)25/h2-14,26H,15H2,1H3/b12-11+. The number of anilines is 1. The number of hydrogen-bond donors (Lipinski definition) is 1. The number of carbonyl (C=O) groups is 1. The molecule has 3 nitrogen and oxygen atoms in total. The smallest absolute Gasteiger partial charge is 0.187 e. The maximum atomic E-state index is 12.3. The Kier molecular flexibility index (Phi) is 6.75. The summed E-state index contributed by atoms with van der Waals surface area (Å²) in [5.41, 5.74) is 3.52. The van der Waals surface area contributed by atoms with Crippen LogP contribution in [0.3, 0.4) is 0 Å². The molecule has 0 spiro atoms. The van der Waals surface area contributed by atoms with Gasteiger partial charge in [-0.3, -0.25) is 4.79 Å². The Hall–Kier alpha value is -2.75. The quantitative estimate of drug-likeness (QED) is 0.347. The van der Waals surface area contributed by atoms with Crippen molar-refractivity contribution in [3.05, 3.63) is 106 Å². The largest absolute Gasteiger partial charge is 0.489 e. The number of ether oxygens (including phenoxy) is 1. The van der Waals surface area contributed by atoms with E-state index in [2.05, 4.69) is 5.32 Å². The lowest BCUT2D eigenvalue weighted by Crippen LogP contribution is -1.99. The van der Waals surface area contributed by atoms with Crippen molar-refractivity contribution in [2.45, 2.75) is 13.5 Å². The van der Waals surface area contributed by atoms with Crippen molar-refractivity contribution in [2.75, 3.05) is 5.32 Å². The van der Waals surface area contributed by atoms with Crippen LogP contribution in [0.4, 0.5) is 5.69 Å². The minimum Gasteiger partial charge on any atom is -0.489 e. The van der Waals surface area contributed by atoms with Crippen molar-refractivity contribution in [3.8, 4) is 5.75 Å². The van der Waals surface area contributed by atoms with Crippen molar-refractivity contribution >= 4 is 34.7 Å². The zero-order valence-corrected chi connectivity index (χ0v) is 16.8. The molecule has 0 aliphatic rings. The number of benzene rings is 3. The molecule has 0 saturated carbocycles. The first kappa shape index (κ1) is 20.0. The van der Waals surface area contributed by atoms with Gasteiger partial charge in [-0.25, -0.2) is 0 Å².